The third-order valence-electron chi connectivity index (χ3n) is 8.60. The fourth-order valence-corrected chi connectivity index (χ4v) is 6.35. The first-order valence-electron chi connectivity index (χ1n) is 16.1. The van der Waals surface area contributed by atoms with Gasteiger partial charge in [0.25, 0.3) is 5.91 Å². The largest absolute Gasteiger partial charge is 0.444 e. The number of ether oxygens (including phenoxy) is 2. The van der Waals surface area contributed by atoms with E-state index in [0.29, 0.717) is 38.4 Å². The molecule has 254 valence electrons. The van der Waals surface area contributed by atoms with E-state index in [9.17, 15) is 19.1 Å². The molecule has 1 N–H and O–H groups in total. The molecule has 2 aliphatic rings. The van der Waals surface area contributed by atoms with Crippen LogP contribution < -0.4 is 0 Å². The number of amides is 2. The maximum Gasteiger partial charge on any atom is 0.410 e. The number of aliphatic hydroxyl groups is 1. The maximum atomic E-state index is 15.7. The van der Waals surface area contributed by atoms with Crippen LogP contribution in [-0.2, 0) is 20.8 Å². The highest BCUT2D eigenvalue weighted by atomic mass is 19.1. The number of benzene rings is 2. The molecule has 47 heavy (non-hydrogen) atoms. The fraction of sp³-hybridized carbons (Fsp3) is 0.514. The Bertz CT molecular complexity index is 1540. The third-order valence-corrected chi connectivity index (χ3v) is 8.60. The Morgan fingerprint density at radius 3 is 2.47 bits per heavy atom. The van der Waals surface area contributed by atoms with Gasteiger partial charge in [0.15, 0.2) is 0 Å². The van der Waals surface area contributed by atoms with Gasteiger partial charge in [-0.25, -0.2) is 22.9 Å². The molecule has 2 amide bonds. The highest BCUT2D eigenvalue weighted by Gasteiger charge is 2.44. The van der Waals surface area contributed by atoms with Crippen LogP contribution >= 0.6 is 0 Å². The van der Waals surface area contributed by atoms with Crippen molar-refractivity contribution >= 4 is 12.0 Å². The Morgan fingerprint density at radius 2 is 1.81 bits per heavy atom. The second-order valence-electron chi connectivity index (χ2n) is 13.4. The molecule has 0 aliphatic carbocycles. The van der Waals surface area contributed by atoms with Gasteiger partial charge in [-0.15, -0.1) is 0 Å². The summed E-state index contributed by atoms with van der Waals surface area (Å²) < 4.78 is 58.0. The van der Waals surface area contributed by atoms with E-state index in [1.165, 1.54) is 16.7 Å². The molecular weight excluding hydrogens is 613 g/mol. The van der Waals surface area contributed by atoms with Crippen LogP contribution in [0.15, 0.2) is 54.7 Å². The molecule has 4 atom stereocenters. The molecule has 12 heteroatoms. The van der Waals surface area contributed by atoms with Gasteiger partial charge in [-0.3, -0.25) is 4.79 Å². The van der Waals surface area contributed by atoms with Crippen molar-refractivity contribution in [1.82, 2.24) is 19.4 Å². The van der Waals surface area contributed by atoms with Gasteiger partial charge in [0.1, 0.15) is 35.3 Å². The summed E-state index contributed by atoms with van der Waals surface area (Å²) in [7, 11) is 0. The van der Waals surface area contributed by atoms with Crippen LogP contribution in [0, 0.1) is 23.5 Å². The monoisotopic (exact) mass is 656 g/mol. The van der Waals surface area contributed by atoms with E-state index in [1.807, 2.05) is 34.9 Å². The molecular formula is C35H43F3N4O5. The average Bonchev–Trinajstić information content (AvgIpc) is 3.60. The summed E-state index contributed by atoms with van der Waals surface area (Å²) in [6, 6.07) is 11.9. The lowest BCUT2D eigenvalue weighted by atomic mass is 9.88. The molecule has 0 saturated carbocycles. The van der Waals surface area contributed by atoms with Gasteiger partial charge >= 0.3 is 6.09 Å². The van der Waals surface area contributed by atoms with Crippen molar-refractivity contribution in [2.45, 2.75) is 71.0 Å². The SMILES string of the molecule is CC(O)C(=O)N(CC1CN(C(=O)OC(C)(C)C)CC1F)C(c1nc(-c2cc(F)ccc2F)cn1Cc1ccccc1)C1CCOCC1. The van der Waals surface area contributed by atoms with E-state index >= 15 is 8.78 Å². The Hall–Kier alpha value is -3.90. The smallest absolute Gasteiger partial charge is 0.410 e. The van der Waals surface area contributed by atoms with E-state index in [2.05, 4.69) is 0 Å². The number of aromatic nitrogens is 2. The van der Waals surface area contributed by atoms with Crippen molar-refractivity contribution in [3.63, 3.8) is 0 Å². The molecule has 2 aliphatic heterocycles. The topological polar surface area (TPSA) is 97.1 Å². The zero-order valence-electron chi connectivity index (χ0n) is 27.2. The molecule has 0 spiro atoms. The second-order valence-corrected chi connectivity index (χ2v) is 13.4. The van der Waals surface area contributed by atoms with Gasteiger partial charge in [0, 0.05) is 50.5 Å². The minimum absolute atomic E-state index is 0.0123. The zero-order valence-corrected chi connectivity index (χ0v) is 27.2. The van der Waals surface area contributed by atoms with Crippen molar-refractivity contribution in [2.24, 2.45) is 11.8 Å². The maximum absolute atomic E-state index is 15.7. The number of likely N-dealkylation sites (tertiary alicyclic amines) is 1. The van der Waals surface area contributed by atoms with Crippen LogP contribution in [0.25, 0.3) is 11.3 Å². The van der Waals surface area contributed by atoms with E-state index in [-0.39, 0.29) is 36.8 Å². The van der Waals surface area contributed by atoms with Crippen LogP contribution in [0.3, 0.4) is 0 Å². The Balaban J connectivity index is 1.59. The summed E-state index contributed by atoms with van der Waals surface area (Å²) in [6.45, 7) is 7.40. The highest BCUT2D eigenvalue weighted by Crippen LogP contribution is 2.39. The van der Waals surface area contributed by atoms with Crippen molar-refractivity contribution in [1.29, 1.82) is 0 Å². The minimum Gasteiger partial charge on any atom is -0.444 e. The fourth-order valence-electron chi connectivity index (χ4n) is 6.35. The van der Waals surface area contributed by atoms with Gasteiger partial charge in [0.05, 0.1) is 18.3 Å². The predicted octanol–water partition coefficient (Wildman–Crippen LogP) is 5.76. The number of aliphatic hydroxyl groups excluding tert-OH is 1. The number of carbonyl (C=O) groups excluding carboxylic acids is 2. The summed E-state index contributed by atoms with van der Waals surface area (Å²) in [4.78, 5) is 34.4. The van der Waals surface area contributed by atoms with Crippen molar-refractivity contribution in [3.8, 4) is 11.3 Å². The predicted molar refractivity (Wildman–Crippen MR) is 169 cm³/mol. The standard InChI is InChI=1S/C35H43F3N4O5/c1-22(43)33(44)42(19-25-18-41(20-29(25)38)34(45)47-35(2,3)4)31(24-12-14-46-15-13-24)32-39-30(27-16-26(36)10-11-28(27)37)21-40(32)17-23-8-6-5-7-9-23/h5-11,16,21-22,24-25,29,31,43H,12-15,17-20H2,1-4H3. The molecule has 9 nitrogen and oxygen atoms in total. The van der Waals surface area contributed by atoms with E-state index < -0.39 is 53.5 Å². The number of hydrogen-bond donors (Lipinski definition) is 1. The molecule has 2 fully saturated rings. The summed E-state index contributed by atoms with van der Waals surface area (Å²) in [6.07, 6.45) is -0.792. The van der Waals surface area contributed by atoms with Crippen LogP contribution in [0.5, 0.6) is 0 Å². The van der Waals surface area contributed by atoms with Gasteiger partial charge in [-0.05, 0) is 70.2 Å². The first-order valence-corrected chi connectivity index (χ1v) is 16.1. The molecule has 5 rings (SSSR count). The summed E-state index contributed by atoms with van der Waals surface area (Å²) in [5.41, 5.74) is 0.279. The van der Waals surface area contributed by atoms with Gasteiger partial charge in [-0.2, -0.15) is 0 Å². The Labute approximate surface area is 273 Å². The van der Waals surface area contributed by atoms with Crippen molar-refractivity contribution in [3.05, 3.63) is 77.8 Å². The molecule has 1 aromatic heterocycles. The van der Waals surface area contributed by atoms with Gasteiger partial charge in [-0.1, -0.05) is 30.3 Å². The number of nitrogens with zero attached hydrogens (tertiary/aromatic N) is 4. The molecule has 0 bridgehead atoms. The lowest BCUT2D eigenvalue weighted by molar-refractivity contribution is -0.145. The number of hydrogen-bond acceptors (Lipinski definition) is 6. The van der Waals surface area contributed by atoms with Gasteiger partial charge in [0.2, 0.25) is 0 Å². The molecule has 2 saturated heterocycles. The van der Waals surface area contributed by atoms with Gasteiger partial charge < -0.3 is 28.9 Å². The van der Waals surface area contributed by atoms with Crippen LogP contribution in [0.2, 0.25) is 0 Å². The highest BCUT2D eigenvalue weighted by molar-refractivity contribution is 5.81. The number of carbonyl (C=O) groups is 2. The first-order chi connectivity index (χ1) is 22.3. The number of alkyl halides is 1. The quantitative estimate of drug-likeness (QED) is 0.315. The van der Waals surface area contributed by atoms with Crippen LogP contribution in [-0.4, -0.2) is 87.2 Å². The van der Waals surface area contributed by atoms with Crippen LogP contribution in [0.1, 0.15) is 58.0 Å². The van der Waals surface area contributed by atoms with E-state index in [1.54, 1.807) is 27.0 Å². The Morgan fingerprint density at radius 1 is 1.11 bits per heavy atom. The molecule has 0 radical (unpaired) electrons. The lowest BCUT2D eigenvalue weighted by Crippen LogP contribution is -2.48. The summed E-state index contributed by atoms with van der Waals surface area (Å²) in [5.74, 6) is -2.50. The lowest BCUT2D eigenvalue weighted by Gasteiger charge is -2.40. The minimum atomic E-state index is -1.46. The molecule has 4 unspecified atom stereocenters. The normalized spacial score (nSPS) is 20.2. The molecule has 2 aromatic carbocycles. The average molecular weight is 657 g/mol. The molecule has 3 heterocycles. The number of halogens is 3. The van der Waals surface area contributed by atoms with Crippen molar-refractivity contribution in [2.75, 3.05) is 32.8 Å². The third kappa shape index (κ3) is 8.34. The summed E-state index contributed by atoms with van der Waals surface area (Å²) >= 11 is 0. The van der Waals surface area contributed by atoms with E-state index in [0.717, 1.165) is 23.8 Å². The van der Waals surface area contributed by atoms with Crippen LogP contribution in [0.4, 0.5) is 18.0 Å². The Kier molecular flexibility index (Phi) is 10.6. The van der Waals surface area contributed by atoms with Crippen molar-refractivity contribution < 1.29 is 37.3 Å². The first kappa shape index (κ1) is 34.4. The second kappa shape index (κ2) is 14.5. The van der Waals surface area contributed by atoms with E-state index in [4.69, 9.17) is 14.5 Å². The summed E-state index contributed by atoms with van der Waals surface area (Å²) in [5, 5.41) is 10.6. The molecule has 3 aromatic rings. The number of imidazole rings is 1. The number of rotatable bonds is 9. The zero-order chi connectivity index (χ0) is 33.9.